The van der Waals surface area contributed by atoms with E-state index in [9.17, 15) is 0 Å². The minimum absolute atomic E-state index is 0.287. The fourth-order valence-corrected chi connectivity index (χ4v) is 5.59. The maximum Gasteiger partial charge on any atom is 0.0755 e. The van der Waals surface area contributed by atoms with E-state index in [2.05, 4.69) is 54.5 Å². The highest BCUT2D eigenvalue weighted by molar-refractivity contribution is 7.10. The van der Waals surface area contributed by atoms with E-state index in [1.165, 1.54) is 36.9 Å². The van der Waals surface area contributed by atoms with E-state index in [0.717, 1.165) is 0 Å². The highest BCUT2D eigenvalue weighted by atomic mass is 32.1. The molecule has 0 saturated heterocycles. The van der Waals surface area contributed by atoms with E-state index < -0.39 is 0 Å². The third-order valence-corrected chi connectivity index (χ3v) is 6.35. The van der Waals surface area contributed by atoms with Crippen molar-refractivity contribution >= 4 is 17.0 Å². The van der Waals surface area contributed by atoms with Crippen molar-refractivity contribution < 1.29 is 0 Å². The van der Waals surface area contributed by atoms with Crippen LogP contribution in [0.2, 0.25) is 0 Å². The summed E-state index contributed by atoms with van der Waals surface area (Å²) in [7, 11) is 0. The number of anilines is 1. The van der Waals surface area contributed by atoms with Crippen LogP contribution in [0.1, 0.15) is 54.7 Å². The molecule has 0 amide bonds. The molecule has 4 rings (SSSR count). The molecule has 1 aromatic carbocycles. The standard InChI is InChI=1S/C18H21NS/c1-13-7-3-4-8-16(13)19-14(2)15-9-12-20-17(15)18(19)10-5-6-11-18/h3-4,7-9,12,14H,5-6,10-11H2,1-2H3/t14-/m0/s1. The van der Waals surface area contributed by atoms with Crippen molar-refractivity contribution in [3.05, 3.63) is 51.7 Å². The number of benzene rings is 1. The first kappa shape index (κ1) is 12.5. The molecule has 2 aromatic rings. The highest BCUT2D eigenvalue weighted by Crippen LogP contribution is 2.58. The van der Waals surface area contributed by atoms with Crippen LogP contribution in [0.3, 0.4) is 0 Å². The average molecular weight is 283 g/mol. The Kier molecular flexibility index (Phi) is 2.71. The van der Waals surface area contributed by atoms with Gasteiger partial charge in [0.15, 0.2) is 0 Å². The van der Waals surface area contributed by atoms with Gasteiger partial charge in [-0.3, -0.25) is 0 Å². The predicted octanol–water partition coefficient (Wildman–Crippen LogP) is 5.41. The molecule has 104 valence electrons. The van der Waals surface area contributed by atoms with Gasteiger partial charge in [0.25, 0.3) is 0 Å². The van der Waals surface area contributed by atoms with Crippen LogP contribution in [0.25, 0.3) is 0 Å². The molecule has 1 aliphatic heterocycles. The quantitative estimate of drug-likeness (QED) is 0.676. The summed E-state index contributed by atoms with van der Waals surface area (Å²) in [6.07, 6.45) is 5.37. The second-order valence-corrected chi connectivity index (χ2v) is 7.19. The zero-order chi connectivity index (χ0) is 13.7. The summed E-state index contributed by atoms with van der Waals surface area (Å²) in [5.41, 5.74) is 4.70. The minimum Gasteiger partial charge on any atom is -0.354 e. The van der Waals surface area contributed by atoms with Crippen molar-refractivity contribution in [1.82, 2.24) is 0 Å². The van der Waals surface area contributed by atoms with Crippen LogP contribution in [0.4, 0.5) is 5.69 Å². The van der Waals surface area contributed by atoms with Gasteiger partial charge < -0.3 is 4.90 Å². The van der Waals surface area contributed by atoms with Crippen LogP contribution < -0.4 is 4.90 Å². The lowest BCUT2D eigenvalue weighted by Gasteiger charge is -2.41. The van der Waals surface area contributed by atoms with Crippen molar-refractivity contribution in [2.24, 2.45) is 0 Å². The molecule has 1 aromatic heterocycles. The first-order valence-electron chi connectivity index (χ1n) is 7.67. The minimum atomic E-state index is 0.287. The summed E-state index contributed by atoms with van der Waals surface area (Å²) in [4.78, 5) is 4.38. The van der Waals surface area contributed by atoms with E-state index in [-0.39, 0.29) is 5.54 Å². The van der Waals surface area contributed by atoms with Gasteiger partial charge in [0.2, 0.25) is 0 Å². The zero-order valence-electron chi connectivity index (χ0n) is 12.2. The summed E-state index contributed by atoms with van der Waals surface area (Å²) < 4.78 is 0. The van der Waals surface area contributed by atoms with E-state index in [4.69, 9.17) is 0 Å². The Morgan fingerprint density at radius 1 is 1.15 bits per heavy atom. The van der Waals surface area contributed by atoms with Gasteiger partial charge >= 0.3 is 0 Å². The zero-order valence-corrected chi connectivity index (χ0v) is 13.0. The van der Waals surface area contributed by atoms with Gasteiger partial charge in [-0.2, -0.15) is 0 Å². The molecule has 1 nitrogen and oxygen atoms in total. The SMILES string of the molecule is Cc1ccccc1N1[C@@H](C)c2ccsc2C12CCCC2. The van der Waals surface area contributed by atoms with E-state index >= 15 is 0 Å². The molecule has 2 heteroatoms. The Morgan fingerprint density at radius 2 is 1.90 bits per heavy atom. The summed E-state index contributed by atoms with van der Waals surface area (Å²) >= 11 is 1.97. The number of para-hydroxylation sites is 1. The van der Waals surface area contributed by atoms with Crippen LogP contribution in [0.5, 0.6) is 0 Å². The van der Waals surface area contributed by atoms with Gasteiger partial charge in [0.05, 0.1) is 11.6 Å². The molecule has 2 aliphatic rings. The molecule has 2 heterocycles. The number of fused-ring (bicyclic) bond motifs is 2. The Bertz CT molecular complexity index is 636. The average Bonchev–Trinajstić information content (AvgIpc) is 3.12. The maximum atomic E-state index is 2.73. The number of hydrogen-bond donors (Lipinski definition) is 0. The Morgan fingerprint density at radius 3 is 2.65 bits per heavy atom. The molecule has 1 saturated carbocycles. The van der Waals surface area contributed by atoms with Gasteiger partial charge in [-0.1, -0.05) is 31.0 Å². The second-order valence-electron chi connectivity index (χ2n) is 6.28. The molecule has 1 spiro atoms. The monoisotopic (exact) mass is 283 g/mol. The predicted molar refractivity (Wildman–Crippen MR) is 86.5 cm³/mol. The van der Waals surface area contributed by atoms with Gasteiger partial charge in [-0.05, 0) is 55.3 Å². The first-order valence-corrected chi connectivity index (χ1v) is 8.55. The largest absolute Gasteiger partial charge is 0.354 e. The number of rotatable bonds is 1. The third kappa shape index (κ3) is 1.49. The number of hydrogen-bond acceptors (Lipinski definition) is 2. The topological polar surface area (TPSA) is 3.24 Å². The summed E-state index contributed by atoms with van der Waals surface area (Å²) in [6.45, 7) is 4.63. The van der Waals surface area contributed by atoms with Gasteiger partial charge in [-0.25, -0.2) is 0 Å². The van der Waals surface area contributed by atoms with E-state index in [1.54, 1.807) is 10.4 Å². The fourth-order valence-electron chi connectivity index (χ4n) is 4.35. The van der Waals surface area contributed by atoms with Crippen molar-refractivity contribution in [3.8, 4) is 0 Å². The Balaban J connectivity index is 1.91. The van der Waals surface area contributed by atoms with Gasteiger partial charge in [0.1, 0.15) is 0 Å². The highest BCUT2D eigenvalue weighted by Gasteiger charge is 2.51. The first-order chi connectivity index (χ1) is 9.74. The van der Waals surface area contributed by atoms with Gasteiger partial charge in [0, 0.05) is 10.6 Å². The number of nitrogens with zero attached hydrogens (tertiary/aromatic N) is 1. The molecule has 1 aliphatic carbocycles. The Labute approximate surface area is 125 Å². The van der Waals surface area contributed by atoms with Crippen LogP contribution in [-0.2, 0) is 5.54 Å². The van der Waals surface area contributed by atoms with Gasteiger partial charge in [-0.15, -0.1) is 11.3 Å². The summed E-state index contributed by atoms with van der Waals surface area (Å²) in [6, 6.07) is 11.7. The summed E-state index contributed by atoms with van der Waals surface area (Å²) in [5, 5.41) is 2.29. The normalized spacial score (nSPS) is 23.5. The van der Waals surface area contributed by atoms with Crippen LogP contribution in [0, 0.1) is 6.92 Å². The van der Waals surface area contributed by atoms with Crippen molar-refractivity contribution in [2.75, 3.05) is 4.90 Å². The van der Waals surface area contributed by atoms with Crippen LogP contribution in [0.15, 0.2) is 35.7 Å². The third-order valence-electron chi connectivity index (χ3n) is 5.22. The number of aryl methyl sites for hydroxylation is 1. The maximum absolute atomic E-state index is 2.73. The summed E-state index contributed by atoms with van der Waals surface area (Å²) in [5.74, 6) is 0. The van der Waals surface area contributed by atoms with E-state index in [1.807, 2.05) is 11.3 Å². The molecule has 1 fully saturated rings. The Hall–Kier alpha value is -1.28. The van der Waals surface area contributed by atoms with Crippen molar-refractivity contribution in [2.45, 2.75) is 51.1 Å². The second kappa shape index (κ2) is 4.36. The fraction of sp³-hybridized carbons (Fsp3) is 0.444. The molecule has 0 N–H and O–H groups in total. The molecule has 0 bridgehead atoms. The molecular weight excluding hydrogens is 262 g/mol. The number of thiophene rings is 1. The van der Waals surface area contributed by atoms with Crippen molar-refractivity contribution in [3.63, 3.8) is 0 Å². The lowest BCUT2D eigenvalue weighted by molar-refractivity contribution is 0.421. The lowest BCUT2D eigenvalue weighted by atomic mass is 9.94. The van der Waals surface area contributed by atoms with Crippen LogP contribution in [-0.4, -0.2) is 0 Å². The smallest absolute Gasteiger partial charge is 0.0755 e. The molecule has 0 unspecified atom stereocenters. The lowest BCUT2D eigenvalue weighted by Crippen LogP contribution is -2.40. The molecule has 1 atom stereocenters. The van der Waals surface area contributed by atoms with E-state index in [0.29, 0.717) is 6.04 Å². The molecule has 20 heavy (non-hydrogen) atoms. The van der Waals surface area contributed by atoms with Crippen LogP contribution >= 0.6 is 11.3 Å². The molecule has 0 radical (unpaired) electrons. The van der Waals surface area contributed by atoms with Crippen molar-refractivity contribution in [1.29, 1.82) is 0 Å². The molecular formula is C18H21NS.